The number of carbonyl (C=O) groups excluding carboxylic acids is 2. The molecule has 8 nitrogen and oxygen atoms in total. The first-order valence-electron chi connectivity index (χ1n) is 11.4. The Balaban J connectivity index is 1.30. The third kappa shape index (κ3) is 4.44. The number of aromatic nitrogens is 3. The highest BCUT2D eigenvalue weighted by atomic mass is 32.2. The smallest absolute Gasteiger partial charge is 0.228 e. The maximum Gasteiger partial charge on any atom is 0.228 e. The van der Waals surface area contributed by atoms with Crippen LogP contribution in [0.5, 0.6) is 11.5 Å². The average molecular weight is 499 g/mol. The number of ether oxygens (including phenoxy) is 2. The molecule has 2 aliphatic rings. The summed E-state index contributed by atoms with van der Waals surface area (Å²) >= 11 is 2.74. The minimum atomic E-state index is 0.0299. The summed E-state index contributed by atoms with van der Waals surface area (Å²) in [6.45, 7) is 6.87. The zero-order valence-electron chi connectivity index (χ0n) is 19.4. The Hall–Kier alpha value is -2.85. The molecule has 1 aliphatic heterocycles. The van der Waals surface area contributed by atoms with Crippen molar-refractivity contribution < 1.29 is 19.1 Å². The van der Waals surface area contributed by atoms with Gasteiger partial charge in [0.15, 0.2) is 21.6 Å². The van der Waals surface area contributed by atoms with Gasteiger partial charge in [-0.15, -0.1) is 10.2 Å². The van der Waals surface area contributed by atoms with Gasteiger partial charge in [-0.3, -0.25) is 14.5 Å². The fraction of sp³-hybridized carbons (Fsp3) is 0.417. The van der Waals surface area contributed by atoms with Crippen molar-refractivity contribution in [3.05, 3.63) is 41.2 Å². The SMILES string of the molecule is CCC(=O)N(c1nnc(SCC(=O)c2cc(C)n(-c3ccc4c(c3)OCCO4)c2C)s1)C1CC1. The number of ketones is 1. The zero-order valence-corrected chi connectivity index (χ0v) is 21.0. The van der Waals surface area contributed by atoms with E-state index in [0.29, 0.717) is 40.4 Å². The largest absolute Gasteiger partial charge is 0.486 e. The molecule has 0 bridgehead atoms. The number of anilines is 1. The average Bonchev–Trinajstić information content (AvgIpc) is 3.49. The van der Waals surface area contributed by atoms with Crippen LogP contribution in [0.15, 0.2) is 28.6 Å². The number of hydrogen-bond donors (Lipinski definition) is 0. The number of fused-ring (bicyclic) bond motifs is 1. The molecule has 0 spiro atoms. The van der Waals surface area contributed by atoms with Crippen LogP contribution in [0.25, 0.3) is 5.69 Å². The fourth-order valence-corrected chi connectivity index (χ4v) is 5.96. The lowest BCUT2D eigenvalue weighted by atomic mass is 10.2. The van der Waals surface area contributed by atoms with Crippen LogP contribution in [-0.2, 0) is 4.79 Å². The second-order valence-electron chi connectivity index (χ2n) is 8.36. The molecule has 1 saturated carbocycles. The van der Waals surface area contributed by atoms with Crippen molar-refractivity contribution in [3.8, 4) is 17.2 Å². The lowest BCUT2D eigenvalue weighted by molar-refractivity contribution is -0.118. The predicted octanol–water partition coefficient (Wildman–Crippen LogP) is 4.60. The van der Waals surface area contributed by atoms with Crippen LogP contribution in [0.1, 0.15) is 47.9 Å². The fourth-order valence-electron chi connectivity index (χ4n) is 4.15. The second-order valence-corrected chi connectivity index (χ2v) is 10.5. The molecule has 1 fully saturated rings. The number of carbonyl (C=O) groups is 2. The van der Waals surface area contributed by atoms with Gasteiger partial charge in [-0.05, 0) is 44.9 Å². The van der Waals surface area contributed by atoms with Gasteiger partial charge in [0.25, 0.3) is 0 Å². The molecule has 34 heavy (non-hydrogen) atoms. The Kier molecular flexibility index (Phi) is 6.35. The van der Waals surface area contributed by atoms with E-state index in [1.807, 2.05) is 45.0 Å². The van der Waals surface area contributed by atoms with Gasteiger partial charge in [-0.2, -0.15) is 0 Å². The first-order valence-corrected chi connectivity index (χ1v) is 13.2. The van der Waals surface area contributed by atoms with Crippen LogP contribution in [0, 0.1) is 13.8 Å². The monoisotopic (exact) mass is 498 g/mol. The maximum atomic E-state index is 13.1. The molecule has 0 radical (unpaired) electrons. The topological polar surface area (TPSA) is 86.6 Å². The van der Waals surface area contributed by atoms with E-state index >= 15 is 0 Å². The van der Waals surface area contributed by atoms with Crippen LogP contribution >= 0.6 is 23.1 Å². The third-order valence-electron chi connectivity index (χ3n) is 5.93. The summed E-state index contributed by atoms with van der Waals surface area (Å²) in [5.41, 5.74) is 3.47. The molecule has 1 amide bonds. The first kappa shape index (κ1) is 22.9. The van der Waals surface area contributed by atoms with Crippen molar-refractivity contribution in [1.82, 2.24) is 14.8 Å². The number of hydrogen-bond acceptors (Lipinski definition) is 8. The Morgan fingerprint density at radius 3 is 2.65 bits per heavy atom. The van der Waals surface area contributed by atoms with E-state index in [-0.39, 0.29) is 23.5 Å². The number of thioether (sulfide) groups is 1. The van der Waals surface area contributed by atoms with Gasteiger partial charge < -0.3 is 14.0 Å². The van der Waals surface area contributed by atoms with Crippen LogP contribution in [0.4, 0.5) is 5.13 Å². The molecule has 2 aromatic heterocycles. The highest BCUT2D eigenvalue weighted by Crippen LogP contribution is 2.37. The molecule has 178 valence electrons. The number of amides is 1. The minimum Gasteiger partial charge on any atom is -0.486 e. The molecule has 0 atom stereocenters. The Bertz CT molecular complexity index is 1250. The van der Waals surface area contributed by atoms with Gasteiger partial charge >= 0.3 is 0 Å². The summed E-state index contributed by atoms with van der Waals surface area (Å²) in [6.07, 6.45) is 2.45. The van der Waals surface area contributed by atoms with Gasteiger partial charge in [0.05, 0.1) is 5.75 Å². The first-order chi connectivity index (χ1) is 16.5. The summed E-state index contributed by atoms with van der Waals surface area (Å²) in [6, 6.07) is 7.99. The minimum absolute atomic E-state index is 0.0299. The van der Waals surface area contributed by atoms with Crippen LogP contribution in [0.3, 0.4) is 0 Å². The van der Waals surface area contributed by atoms with E-state index in [9.17, 15) is 9.59 Å². The van der Waals surface area contributed by atoms with Gasteiger partial charge in [-0.1, -0.05) is 30.0 Å². The summed E-state index contributed by atoms with van der Waals surface area (Å²) in [5, 5.41) is 9.07. The number of nitrogens with zero attached hydrogens (tertiary/aromatic N) is 4. The van der Waals surface area contributed by atoms with Crippen LogP contribution in [0.2, 0.25) is 0 Å². The molecule has 10 heteroatoms. The van der Waals surface area contributed by atoms with E-state index < -0.39 is 0 Å². The molecule has 0 unspecified atom stereocenters. The summed E-state index contributed by atoms with van der Waals surface area (Å²) < 4.78 is 14.1. The molecule has 1 aliphatic carbocycles. The molecular formula is C24H26N4O4S2. The number of Topliss-reactive ketones (excluding diaryl/α,β-unsaturated/α-hetero) is 1. The van der Waals surface area contributed by atoms with E-state index in [2.05, 4.69) is 14.8 Å². The van der Waals surface area contributed by atoms with Crippen LogP contribution < -0.4 is 14.4 Å². The number of benzene rings is 1. The lowest BCUT2D eigenvalue weighted by Crippen LogP contribution is -2.32. The predicted molar refractivity (Wildman–Crippen MR) is 132 cm³/mol. The quantitative estimate of drug-likeness (QED) is 0.255. The number of rotatable bonds is 8. The Morgan fingerprint density at radius 1 is 1.15 bits per heavy atom. The molecule has 0 N–H and O–H groups in total. The summed E-state index contributed by atoms with van der Waals surface area (Å²) in [5.74, 6) is 1.81. The Labute approximate surface area is 206 Å². The van der Waals surface area contributed by atoms with Crippen molar-refractivity contribution in [2.24, 2.45) is 0 Å². The summed E-state index contributed by atoms with van der Waals surface area (Å²) in [7, 11) is 0. The lowest BCUT2D eigenvalue weighted by Gasteiger charge is -2.20. The molecule has 1 aromatic carbocycles. The van der Waals surface area contributed by atoms with Crippen molar-refractivity contribution >= 4 is 39.9 Å². The van der Waals surface area contributed by atoms with Gasteiger partial charge in [0.2, 0.25) is 11.0 Å². The van der Waals surface area contributed by atoms with Gasteiger partial charge in [-0.25, -0.2) is 0 Å². The van der Waals surface area contributed by atoms with E-state index in [1.54, 1.807) is 4.90 Å². The van der Waals surface area contributed by atoms with Crippen LogP contribution in [-0.4, -0.2) is 51.5 Å². The van der Waals surface area contributed by atoms with E-state index in [4.69, 9.17) is 9.47 Å². The van der Waals surface area contributed by atoms with Crippen molar-refractivity contribution in [2.75, 3.05) is 23.9 Å². The standard InChI is InChI=1S/C24H26N4O4S2/c1-4-22(30)28(16-5-6-16)23-25-26-24(34-23)33-13-19(29)18-11-14(2)27(15(18)3)17-7-8-20-21(12-17)32-10-9-31-20/h7-8,11-12,16H,4-6,9-10,13H2,1-3H3. The van der Waals surface area contributed by atoms with Gasteiger partial charge in [0.1, 0.15) is 13.2 Å². The van der Waals surface area contributed by atoms with Gasteiger partial charge in [0, 0.05) is 41.2 Å². The highest BCUT2D eigenvalue weighted by Gasteiger charge is 2.35. The molecule has 5 rings (SSSR count). The van der Waals surface area contributed by atoms with Crippen molar-refractivity contribution in [3.63, 3.8) is 0 Å². The summed E-state index contributed by atoms with van der Waals surface area (Å²) in [4.78, 5) is 27.2. The highest BCUT2D eigenvalue weighted by molar-refractivity contribution is 8.01. The number of aryl methyl sites for hydroxylation is 1. The molecule has 3 heterocycles. The third-order valence-corrected chi connectivity index (χ3v) is 7.98. The normalized spacial score (nSPS) is 14.8. The molecule has 0 saturated heterocycles. The molecular weight excluding hydrogens is 472 g/mol. The zero-order chi connectivity index (χ0) is 23.8. The van der Waals surface area contributed by atoms with Crippen molar-refractivity contribution in [1.29, 1.82) is 0 Å². The van der Waals surface area contributed by atoms with E-state index in [0.717, 1.165) is 35.7 Å². The molecule has 3 aromatic rings. The maximum absolute atomic E-state index is 13.1. The Morgan fingerprint density at radius 2 is 1.91 bits per heavy atom. The van der Waals surface area contributed by atoms with Crippen molar-refractivity contribution in [2.45, 2.75) is 50.4 Å². The van der Waals surface area contributed by atoms with E-state index in [1.165, 1.54) is 23.1 Å². The second kappa shape index (κ2) is 9.42.